The first kappa shape index (κ1) is 21.8. The van der Waals surface area contributed by atoms with Gasteiger partial charge in [-0.3, -0.25) is 4.79 Å². The predicted octanol–water partition coefficient (Wildman–Crippen LogP) is 4.21. The standard InChI is InChI=1S/C20H19Cl2NO5S/c21-16-9-8-14(12-17(16)22)18(24)13-28-20(25)15-6-2-3-7-19(15)29(26,27)23-10-4-1-5-11-23/h2-3,6-9,12H,1,4-5,10-11,13H2. The number of hydrogen-bond acceptors (Lipinski definition) is 5. The van der Waals surface area contributed by atoms with Crippen LogP contribution in [0.25, 0.3) is 0 Å². The van der Waals surface area contributed by atoms with Crippen molar-refractivity contribution >= 4 is 45.0 Å². The fourth-order valence-electron chi connectivity index (χ4n) is 3.07. The van der Waals surface area contributed by atoms with E-state index in [1.807, 2.05) is 0 Å². The van der Waals surface area contributed by atoms with Crippen LogP contribution in [-0.2, 0) is 14.8 Å². The highest BCUT2D eigenvalue weighted by Gasteiger charge is 2.30. The lowest BCUT2D eigenvalue weighted by molar-refractivity contribution is 0.0471. The number of carbonyl (C=O) groups excluding carboxylic acids is 2. The molecule has 1 saturated heterocycles. The van der Waals surface area contributed by atoms with Crippen LogP contribution >= 0.6 is 23.2 Å². The summed E-state index contributed by atoms with van der Waals surface area (Å²) in [6.07, 6.45) is 2.54. The number of nitrogens with zero attached hydrogens (tertiary/aromatic N) is 1. The van der Waals surface area contributed by atoms with Gasteiger partial charge in [-0.2, -0.15) is 4.31 Å². The van der Waals surface area contributed by atoms with E-state index in [2.05, 4.69) is 0 Å². The van der Waals surface area contributed by atoms with Gasteiger partial charge < -0.3 is 4.74 Å². The zero-order chi connectivity index (χ0) is 21.0. The van der Waals surface area contributed by atoms with Crippen molar-refractivity contribution in [3.8, 4) is 0 Å². The third-order valence-corrected chi connectivity index (χ3v) is 7.31. The molecule has 0 bridgehead atoms. The Bertz CT molecular complexity index is 1030. The van der Waals surface area contributed by atoms with E-state index in [-0.39, 0.29) is 21.0 Å². The van der Waals surface area contributed by atoms with Gasteiger partial charge in [-0.05, 0) is 43.2 Å². The highest BCUT2D eigenvalue weighted by Crippen LogP contribution is 2.25. The van der Waals surface area contributed by atoms with Crippen molar-refractivity contribution in [2.75, 3.05) is 19.7 Å². The smallest absolute Gasteiger partial charge is 0.339 e. The van der Waals surface area contributed by atoms with Crippen molar-refractivity contribution < 1.29 is 22.7 Å². The van der Waals surface area contributed by atoms with Gasteiger partial charge in [0.15, 0.2) is 12.4 Å². The Labute approximate surface area is 179 Å². The van der Waals surface area contributed by atoms with Gasteiger partial charge in [-0.15, -0.1) is 0 Å². The predicted molar refractivity (Wildman–Crippen MR) is 110 cm³/mol. The summed E-state index contributed by atoms with van der Waals surface area (Å²) in [5.74, 6) is -1.36. The second-order valence-corrected chi connectivity index (χ2v) is 9.31. The maximum absolute atomic E-state index is 13.0. The van der Waals surface area contributed by atoms with Crippen LogP contribution in [0.4, 0.5) is 0 Å². The Morgan fingerprint density at radius 3 is 2.34 bits per heavy atom. The number of esters is 1. The molecule has 0 saturated carbocycles. The third-order valence-electron chi connectivity index (χ3n) is 4.62. The van der Waals surface area contributed by atoms with Crippen LogP contribution in [0.15, 0.2) is 47.4 Å². The summed E-state index contributed by atoms with van der Waals surface area (Å²) >= 11 is 11.7. The number of carbonyl (C=O) groups is 2. The van der Waals surface area contributed by atoms with E-state index in [1.165, 1.54) is 34.6 Å². The summed E-state index contributed by atoms with van der Waals surface area (Å²) in [7, 11) is -3.82. The first-order valence-corrected chi connectivity index (χ1v) is 11.2. The maximum atomic E-state index is 13.0. The quantitative estimate of drug-likeness (QED) is 0.481. The zero-order valence-electron chi connectivity index (χ0n) is 15.4. The first-order valence-electron chi connectivity index (χ1n) is 9.05. The Morgan fingerprint density at radius 2 is 1.66 bits per heavy atom. The highest BCUT2D eigenvalue weighted by atomic mass is 35.5. The number of hydrogen-bond donors (Lipinski definition) is 0. The molecule has 0 radical (unpaired) electrons. The molecule has 2 aromatic carbocycles. The number of ether oxygens (including phenoxy) is 1. The zero-order valence-corrected chi connectivity index (χ0v) is 17.8. The number of Topliss-reactive ketones (excluding diaryl/α,β-unsaturated/α-hetero) is 1. The molecule has 0 aliphatic carbocycles. The molecule has 1 aliphatic heterocycles. The minimum absolute atomic E-state index is 0.0972. The molecule has 0 spiro atoms. The molecule has 29 heavy (non-hydrogen) atoms. The topological polar surface area (TPSA) is 80.8 Å². The van der Waals surface area contributed by atoms with Crippen molar-refractivity contribution in [2.24, 2.45) is 0 Å². The molecular formula is C20H19Cl2NO5S. The van der Waals surface area contributed by atoms with Crippen molar-refractivity contribution in [1.29, 1.82) is 0 Å². The van der Waals surface area contributed by atoms with Gasteiger partial charge in [0.25, 0.3) is 0 Å². The molecule has 0 amide bonds. The third kappa shape index (κ3) is 4.98. The number of benzene rings is 2. The van der Waals surface area contributed by atoms with Crippen LogP contribution in [0.1, 0.15) is 40.0 Å². The molecule has 9 heteroatoms. The average Bonchev–Trinajstić information content (AvgIpc) is 2.74. The Kier molecular flexibility index (Phi) is 6.95. The minimum Gasteiger partial charge on any atom is -0.454 e. The fourth-order valence-corrected chi connectivity index (χ4v) is 5.06. The summed E-state index contributed by atoms with van der Waals surface area (Å²) in [6.45, 7) is 0.290. The lowest BCUT2D eigenvalue weighted by Crippen LogP contribution is -2.36. The second kappa shape index (κ2) is 9.26. The Hall–Kier alpha value is -1.93. The summed E-state index contributed by atoms with van der Waals surface area (Å²) in [4.78, 5) is 24.7. The SMILES string of the molecule is O=C(COC(=O)c1ccccc1S(=O)(=O)N1CCCCC1)c1ccc(Cl)c(Cl)c1. The fraction of sp³-hybridized carbons (Fsp3) is 0.300. The molecule has 154 valence electrons. The van der Waals surface area contributed by atoms with Crippen LogP contribution in [-0.4, -0.2) is 44.2 Å². The highest BCUT2D eigenvalue weighted by molar-refractivity contribution is 7.89. The number of sulfonamides is 1. The summed E-state index contributed by atoms with van der Waals surface area (Å²) in [6, 6.07) is 10.2. The lowest BCUT2D eigenvalue weighted by atomic mass is 10.1. The van der Waals surface area contributed by atoms with Crippen LogP contribution in [0.2, 0.25) is 10.0 Å². The molecule has 1 aliphatic rings. The number of ketones is 1. The van der Waals surface area contributed by atoms with E-state index < -0.39 is 28.4 Å². The minimum atomic E-state index is -3.82. The van der Waals surface area contributed by atoms with Crippen molar-refractivity contribution in [3.05, 3.63) is 63.6 Å². The second-order valence-electron chi connectivity index (χ2n) is 6.59. The van der Waals surface area contributed by atoms with Crippen LogP contribution in [0.3, 0.4) is 0 Å². The molecule has 1 heterocycles. The van der Waals surface area contributed by atoms with Gasteiger partial charge >= 0.3 is 5.97 Å². The van der Waals surface area contributed by atoms with Crippen LogP contribution < -0.4 is 0 Å². The van der Waals surface area contributed by atoms with Gasteiger partial charge in [0, 0.05) is 18.7 Å². The van der Waals surface area contributed by atoms with Gasteiger partial charge in [0.05, 0.1) is 20.5 Å². The lowest BCUT2D eigenvalue weighted by Gasteiger charge is -2.26. The van der Waals surface area contributed by atoms with E-state index in [4.69, 9.17) is 27.9 Å². The molecule has 0 atom stereocenters. The average molecular weight is 456 g/mol. The Balaban J connectivity index is 1.76. The molecule has 2 aromatic rings. The molecule has 0 N–H and O–H groups in total. The summed E-state index contributed by atoms with van der Waals surface area (Å²) < 4.78 is 32.4. The molecule has 1 fully saturated rings. The maximum Gasteiger partial charge on any atom is 0.339 e. The van der Waals surface area contributed by atoms with Crippen molar-refractivity contribution in [3.63, 3.8) is 0 Å². The van der Waals surface area contributed by atoms with Crippen LogP contribution in [0, 0.1) is 0 Å². The van der Waals surface area contributed by atoms with E-state index in [1.54, 1.807) is 12.1 Å². The first-order chi connectivity index (χ1) is 13.8. The molecule has 0 unspecified atom stereocenters. The van der Waals surface area contributed by atoms with Gasteiger partial charge in [0.1, 0.15) is 0 Å². The summed E-state index contributed by atoms with van der Waals surface area (Å²) in [5.41, 5.74) is 0.140. The Morgan fingerprint density at radius 1 is 0.966 bits per heavy atom. The van der Waals surface area contributed by atoms with Gasteiger partial charge in [-0.1, -0.05) is 41.8 Å². The van der Waals surface area contributed by atoms with E-state index >= 15 is 0 Å². The van der Waals surface area contributed by atoms with E-state index in [0.717, 1.165) is 19.3 Å². The van der Waals surface area contributed by atoms with Crippen molar-refractivity contribution in [1.82, 2.24) is 4.31 Å². The van der Waals surface area contributed by atoms with E-state index in [9.17, 15) is 18.0 Å². The van der Waals surface area contributed by atoms with Crippen molar-refractivity contribution in [2.45, 2.75) is 24.2 Å². The normalized spacial score (nSPS) is 15.1. The summed E-state index contributed by atoms with van der Waals surface area (Å²) in [5, 5.41) is 0.513. The van der Waals surface area contributed by atoms with E-state index in [0.29, 0.717) is 18.1 Å². The van der Waals surface area contributed by atoms with Gasteiger partial charge in [-0.25, -0.2) is 13.2 Å². The molecule has 0 aromatic heterocycles. The molecular weight excluding hydrogens is 437 g/mol. The number of rotatable bonds is 6. The van der Waals surface area contributed by atoms with Crippen LogP contribution in [0.5, 0.6) is 0 Å². The molecule has 6 nitrogen and oxygen atoms in total. The number of piperidine rings is 1. The largest absolute Gasteiger partial charge is 0.454 e. The molecule has 3 rings (SSSR count). The number of halogens is 2. The monoisotopic (exact) mass is 455 g/mol. The van der Waals surface area contributed by atoms with Gasteiger partial charge in [0.2, 0.25) is 10.0 Å².